The highest BCUT2D eigenvalue weighted by Crippen LogP contribution is 2.30. The Morgan fingerprint density at radius 3 is 2.88 bits per heavy atom. The number of carbonyl (C=O) groups excluding carboxylic acids is 1. The van der Waals surface area contributed by atoms with E-state index < -0.39 is 5.91 Å². The van der Waals surface area contributed by atoms with Gasteiger partial charge < -0.3 is 15.2 Å². The zero-order chi connectivity index (χ0) is 16.7. The summed E-state index contributed by atoms with van der Waals surface area (Å²) < 4.78 is 3.53. The van der Waals surface area contributed by atoms with Crippen LogP contribution in [-0.2, 0) is 6.54 Å². The Bertz CT molecular complexity index is 822. The van der Waals surface area contributed by atoms with Gasteiger partial charge in [0.15, 0.2) is 5.82 Å². The van der Waals surface area contributed by atoms with E-state index in [1.165, 1.54) is 19.0 Å². The first-order chi connectivity index (χ1) is 11.6. The van der Waals surface area contributed by atoms with Gasteiger partial charge >= 0.3 is 0 Å². The van der Waals surface area contributed by atoms with Gasteiger partial charge in [-0.2, -0.15) is 5.10 Å². The molecule has 1 saturated heterocycles. The van der Waals surface area contributed by atoms with Crippen LogP contribution in [0.15, 0.2) is 29.6 Å². The number of rotatable bonds is 5. The van der Waals surface area contributed by atoms with Gasteiger partial charge in [0, 0.05) is 38.2 Å². The van der Waals surface area contributed by atoms with E-state index in [4.69, 9.17) is 5.73 Å². The highest BCUT2D eigenvalue weighted by Gasteiger charge is 2.28. The molecule has 8 heteroatoms. The highest BCUT2D eigenvalue weighted by atomic mass is 16.1. The van der Waals surface area contributed by atoms with Crippen LogP contribution in [0.1, 0.15) is 35.7 Å². The molecule has 2 fully saturated rings. The Balaban J connectivity index is 1.52. The molecule has 0 spiro atoms. The zero-order valence-electron chi connectivity index (χ0n) is 13.3. The van der Waals surface area contributed by atoms with Crippen molar-refractivity contribution < 1.29 is 4.79 Å². The van der Waals surface area contributed by atoms with E-state index in [1.54, 1.807) is 27.8 Å². The summed E-state index contributed by atoms with van der Waals surface area (Å²) in [5, 5.41) is 4.22. The van der Waals surface area contributed by atoms with Crippen LogP contribution in [0.2, 0.25) is 0 Å². The quantitative estimate of drug-likeness (QED) is 0.856. The first-order valence-electron chi connectivity index (χ1n) is 8.26. The third kappa shape index (κ3) is 2.79. The number of aromatic nitrogens is 4. The minimum absolute atomic E-state index is 0.0247. The maximum Gasteiger partial charge on any atom is 0.293 e. The van der Waals surface area contributed by atoms with Gasteiger partial charge in [0.05, 0.1) is 17.8 Å². The molecule has 2 aliphatic rings. The Morgan fingerprint density at radius 2 is 2.17 bits per heavy atom. The van der Waals surface area contributed by atoms with E-state index >= 15 is 0 Å². The van der Waals surface area contributed by atoms with E-state index in [0.717, 1.165) is 19.5 Å². The molecule has 1 unspecified atom stereocenters. The SMILES string of the molecule is NC(=O)c1cnn(C2CCN(c3nccn(CC4CC4)c3=O)C2)c1. The summed E-state index contributed by atoms with van der Waals surface area (Å²) in [7, 11) is 0. The van der Waals surface area contributed by atoms with Crippen molar-refractivity contribution in [2.45, 2.75) is 31.8 Å². The largest absolute Gasteiger partial charge is 0.366 e. The number of nitrogens with zero attached hydrogens (tertiary/aromatic N) is 5. The zero-order valence-corrected chi connectivity index (χ0v) is 13.3. The maximum atomic E-state index is 12.6. The van der Waals surface area contributed by atoms with Crippen molar-refractivity contribution in [2.24, 2.45) is 11.7 Å². The van der Waals surface area contributed by atoms with E-state index in [1.807, 2.05) is 4.90 Å². The second-order valence-electron chi connectivity index (χ2n) is 6.61. The van der Waals surface area contributed by atoms with Gasteiger partial charge in [-0.15, -0.1) is 0 Å². The normalized spacial score (nSPS) is 20.5. The summed E-state index contributed by atoms with van der Waals surface area (Å²) in [6, 6.07) is 0.108. The lowest BCUT2D eigenvalue weighted by atomic mass is 10.3. The molecule has 0 bridgehead atoms. The topological polar surface area (TPSA) is 99.0 Å². The Kier molecular flexibility index (Phi) is 3.59. The molecule has 0 radical (unpaired) electrons. The second-order valence-corrected chi connectivity index (χ2v) is 6.61. The molecule has 2 N–H and O–H groups in total. The van der Waals surface area contributed by atoms with Crippen LogP contribution in [0, 0.1) is 5.92 Å². The summed E-state index contributed by atoms with van der Waals surface area (Å²) in [5.41, 5.74) is 5.64. The highest BCUT2D eigenvalue weighted by molar-refractivity contribution is 5.92. The Morgan fingerprint density at radius 1 is 1.33 bits per heavy atom. The summed E-state index contributed by atoms with van der Waals surface area (Å²) in [6.45, 7) is 2.18. The predicted molar refractivity (Wildman–Crippen MR) is 87.8 cm³/mol. The number of carbonyl (C=O) groups is 1. The molecule has 3 heterocycles. The standard InChI is InChI=1S/C16H20N6O2/c17-14(23)12-7-19-22(9-12)13-3-5-20(10-13)15-16(24)21(6-4-18-15)8-11-1-2-11/h4,6-7,9,11,13H,1-3,5,8,10H2,(H2,17,23). The number of hydrogen-bond donors (Lipinski definition) is 1. The smallest absolute Gasteiger partial charge is 0.293 e. The molecule has 1 atom stereocenters. The van der Waals surface area contributed by atoms with Crippen LogP contribution < -0.4 is 16.2 Å². The number of anilines is 1. The third-order valence-corrected chi connectivity index (χ3v) is 4.77. The van der Waals surface area contributed by atoms with Gasteiger partial charge in [0.1, 0.15) is 0 Å². The fraction of sp³-hybridized carbons (Fsp3) is 0.500. The molecular weight excluding hydrogens is 308 g/mol. The van der Waals surface area contributed by atoms with E-state index in [2.05, 4.69) is 10.1 Å². The lowest BCUT2D eigenvalue weighted by Gasteiger charge is -2.18. The molecule has 2 aromatic heterocycles. The van der Waals surface area contributed by atoms with Gasteiger partial charge in [-0.1, -0.05) is 0 Å². The molecule has 1 amide bonds. The summed E-state index contributed by atoms with van der Waals surface area (Å²) >= 11 is 0. The van der Waals surface area contributed by atoms with Crippen LogP contribution in [0.4, 0.5) is 5.82 Å². The number of primary amides is 1. The van der Waals surface area contributed by atoms with Crippen molar-refractivity contribution in [1.29, 1.82) is 0 Å². The fourth-order valence-electron chi connectivity index (χ4n) is 3.19. The average molecular weight is 328 g/mol. The molecule has 4 rings (SSSR count). The second kappa shape index (κ2) is 5.77. The number of hydrogen-bond acceptors (Lipinski definition) is 5. The predicted octanol–water partition coefficient (Wildman–Crippen LogP) is 0.400. The Hall–Kier alpha value is -2.64. The van der Waals surface area contributed by atoms with Crippen molar-refractivity contribution in [3.8, 4) is 0 Å². The molecule has 126 valence electrons. The molecule has 1 saturated carbocycles. The van der Waals surface area contributed by atoms with Crippen LogP contribution in [-0.4, -0.2) is 38.3 Å². The molecule has 1 aliphatic carbocycles. The summed E-state index contributed by atoms with van der Waals surface area (Å²) in [6.07, 6.45) is 9.87. The van der Waals surface area contributed by atoms with Crippen LogP contribution >= 0.6 is 0 Å². The van der Waals surface area contributed by atoms with E-state index in [0.29, 0.717) is 23.8 Å². The van der Waals surface area contributed by atoms with Gasteiger partial charge in [0.2, 0.25) is 0 Å². The van der Waals surface area contributed by atoms with Crippen molar-refractivity contribution in [3.05, 3.63) is 40.7 Å². The maximum absolute atomic E-state index is 12.6. The Labute approximate surface area is 138 Å². The van der Waals surface area contributed by atoms with Crippen molar-refractivity contribution in [1.82, 2.24) is 19.3 Å². The molecule has 0 aromatic carbocycles. The molecule has 8 nitrogen and oxygen atoms in total. The summed E-state index contributed by atoms with van der Waals surface area (Å²) in [5.74, 6) is 0.660. The van der Waals surface area contributed by atoms with Gasteiger partial charge in [-0.3, -0.25) is 14.3 Å². The minimum Gasteiger partial charge on any atom is -0.366 e. The first-order valence-corrected chi connectivity index (χ1v) is 8.26. The van der Waals surface area contributed by atoms with Crippen molar-refractivity contribution in [3.63, 3.8) is 0 Å². The van der Waals surface area contributed by atoms with Gasteiger partial charge in [0.25, 0.3) is 11.5 Å². The van der Waals surface area contributed by atoms with Crippen LogP contribution in [0.3, 0.4) is 0 Å². The van der Waals surface area contributed by atoms with Crippen LogP contribution in [0.25, 0.3) is 0 Å². The minimum atomic E-state index is -0.483. The van der Waals surface area contributed by atoms with Crippen LogP contribution in [0.5, 0.6) is 0 Å². The molecular formula is C16H20N6O2. The number of amides is 1. The summed E-state index contributed by atoms with van der Waals surface area (Å²) in [4.78, 5) is 30.1. The van der Waals surface area contributed by atoms with E-state index in [9.17, 15) is 9.59 Å². The first kappa shape index (κ1) is 14.9. The van der Waals surface area contributed by atoms with Crippen molar-refractivity contribution >= 4 is 11.7 Å². The average Bonchev–Trinajstić information content (AvgIpc) is 3.05. The lowest BCUT2D eigenvalue weighted by Crippen LogP contribution is -2.32. The van der Waals surface area contributed by atoms with Crippen molar-refractivity contribution in [2.75, 3.05) is 18.0 Å². The monoisotopic (exact) mass is 328 g/mol. The molecule has 2 aromatic rings. The van der Waals surface area contributed by atoms with Gasteiger partial charge in [-0.25, -0.2) is 4.98 Å². The lowest BCUT2D eigenvalue weighted by molar-refractivity contribution is 0.1000. The fourth-order valence-corrected chi connectivity index (χ4v) is 3.19. The molecule has 1 aliphatic heterocycles. The molecule has 24 heavy (non-hydrogen) atoms. The third-order valence-electron chi connectivity index (χ3n) is 4.77. The van der Waals surface area contributed by atoms with Gasteiger partial charge in [-0.05, 0) is 25.2 Å². The number of nitrogens with two attached hydrogens (primary N) is 1. The van der Waals surface area contributed by atoms with E-state index in [-0.39, 0.29) is 11.6 Å².